The van der Waals surface area contributed by atoms with E-state index < -0.39 is 0 Å². The zero-order valence-electron chi connectivity index (χ0n) is 18.1. The summed E-state index contributed by atoms with van der Waals surface area (Å²) in [4.78, 5) is 21.2. The molecule has 6 heteroatoms. The van der Waals surface area contributed by atoms with Gasteiger partial charge in [-0.2, -0.15) is 0 Å². The van der Waals surface area contributed by atoms with Crippen molar-refractivity contribution in [2.24, 2.45) is 7.05 Å². The van der Waals surface area contributed by atoms with E-state index in [-0.39, 0.29) is 11.9 Å². The third kappa shape index (κ3) is 4.41. The van der Waals surface area contributed by atoms with Gasteiger partial charge in [-0.3, -0.25) is 4.79 Å². The van der Waals surface area contributed by atoms with Crippen molar-refractivity contribution in [1.29, 1.82) is 0 Å². The summed E-state index contributed by atoms with van der Waals surface area (Å²) in [5.41, 5.74) is 4.58. The van der Waals surface area contributed by atoms with Crippen LogP contribution in [0, 0.1) is 0 Å². The highest BCUT2D eigenvalue weighted by molar-refractivity contribution is 6.30. The molecule has 2 aromatic heterocycles. The van der Waals surface area contributed by atoms with Crippen LogP contribution in [0.1, 0.15) is 27.9 Å². The normalized spacial score (nSPS) is 12.1. The average Bonchev–Trinajstić information content (AvgIpc) is 3.44. The third-order valence-corrected chi connectivity index (χ3v) is 6.09. The minimum atomic E-state index is -0.326. The second-order valence-corrected chi connectivity index (χ2v) is 8.49. The zero-order chi connectivity index (χ0) is 22.8. The molecule has 1 atom stereocenters. The number of nitrogens with zero attached hydrogens (tertiary/aromatic N) is 2. The summed E-state index contributed by atoms with van der Waals surface area (Å²) in [6.07, 6.45) is 2.44. The largest absolute Gasteiger partial charge is 0.351 e. The summed E-state index contributed by atoms with van der Waals surface area (Å²) in [6.45, 7) is 0. The van der Waals surface area contributed by atoms with E-state index in [0.717, 1.165) is 33.5 Å². The van der Waals surface area contributed by atoms with Gasteiger partial charge in [0.25, 0.3) is 5.91 Å². The number of hydrogen-bond acceptors (Lipinski definition) is 2. The molecule has 0 saturated carbocycles. The van der Waals surface area contributed by atoms with Crippen LogP contribution in [0.15, 0.2) is 91.1 Å². The second kappa shape index (κ2) is 8.96. The zero-order valence-corrected chi connectivity index (χ0v) is 18.9. The minimum Gasteiger partial charge on any atom is -0.351 e. The van der Waals surface area contributed by atoms with Crippen LogP contribution in [0.3, 0.4) is 0 Å². The molecule has 0 fully saturated rings. The molecule has 0 saturated heterocycles. The molecule has 3 aromatic carbocycles. The van der Waals surface area contributed by atoms with Crippen molar-refractivity contribution in [3.8, 4) is 11.3 Å². The van der Waals surface area contributed by atoms with Crippen LogP contribution in [0.2, 0.25) is 5.02 Å². The van der Waals surface area contributed by atoms with Crippen molar-refractivity contribution in [3.63, 3.8) is 0 Å². The molecule has 1 amide bonds. The lowest BCUT2D eigenvalue weighted by atomic mass is 10.0. The maximum absolute atomic E-state index is 13.2. The number of aromatic amines is 1. The van der Waals surface area contributed by atoms with Gasteiger partial charge >= 0.3 is 0 Å². The smallest absolute Gasteiger partial charge is 0.268 e. The molecule has 5 rings (SSSR count). The van der Waals surface area contributed by atoms with Crippen LogP contribution in [0.25, 0.3) is 22.2 Å². The van der Waals surface area contributed by atoms with Crippen LogP contribution in [0.4, 0.5) is 0 Å². The van der Waals surface area contributed by atoms with Crippen LogP contribution < -0.4 is 5.32 Å². The van der Waals surface area contributed by atoms with Crippen LogP contribution >= 0.6 is 11.6 Å². The number of aromatic nitrogens is 3. The molecule has 164 valence electrons. The molecule has 0 aliphatic heterocycles. The van der Waals surface area contributed by atoms with E-state index in [1.165, 1.54) is 0 Å². The van der Waals surface area contributed by atoms with Crippen molar-refractivity contribution in [2.45, 2.75) is 12.5 Å². The highest BCUT2D eigenvalue weighted by Crippen LogP contribution is 2.25. The quantitative estimate of drug-likeness (QED) is 0.333. The van der Waals surface area contributed by atoms with Gasteiger partial charge < -0.3 is 14.9 Å². The van der Waals surface area contributed by atoms with Gasteiger partial charge in [-0.25, -0.2) is 4.98 Å². The summed E-state index contributed by atoms with van der Waals surface area (Å²) in [6, 6.07) is 27.2. The van der Waals surface area contributed by atoms with Gasteiger partial charge in [-0.05, 0) is 41.8 Å². The van der Waals surface area contributed by atoms with Crippen LogP contribution in [-0.4, -0.2) is 20.4 Å². The number of carbonyl (C=O) groups excluding carboxylic acids is 1. The van der Waals surface area contributed by atoms with Crippen molar-refractivity contribution >= 4 is 28.4 Å². The van der Waals surface area contributed by atoms with Gasteiger partial charge in [0, 0.05) is 23.0 Å². The molecule has 0 aliphatic carbocycles. The van der Waals surface area contributed by atoms with Crippen molar-refractivity contribution in [1.82, 2.24) is 19.9 Å². The van der Waals surface area contributed by atoms with Crippen LogP contribution in [-0.2, 0) is 13.5 Å². The first-order valence-corrected chi connectivity index (χ1v) is 11.2. The van der Waals surface area contributed by atoms with E-state index in [4.69, 9.17) is 16.6 Å². The Morgan fingerprint density at radius 2 is 1.76 bits per heavy atom. The Kier molecular flexibility index (Phi) is 5.71. The standard InChI is InChI=1S/C27H23ClN4O/c1-32-25(19-7-3-2-4-8-19)17-29-26(32)23(15-18-11-13-21(28)14-12-18)31-27(33)24-16-20-9-5-6-10-22(20)30-24/h2-14,16-17,23,30H,15H2,1H3,(H,31,33)/t23-/m0/s1. The number of H-pyrrole nitrogens is 1. The lowest BCUT2D eigenvalue weighted by Crippen LogP contribution is -2.32. The van der Waals surface area contributed by atoms with E-state index in [1.807, 2.05) is 90.6 Å². The third-order valence-electron chi connectivity index (χ3n) is 5.84. The lowest BCUT2D eigenvalue weighted by molar-refractivity contribution is 0.0930. The number of imidazole rings is 1. The average molecular weight is 455 g/mol. The Labute approximate surface area is 197 Å². The fourth-order valence-corrected chi connectivity index (χ4v) is 4.25. The van der Waals surface area contributed by atoms with E-state index in [1.54, 1.807) is 0 Å². The first kappa shape index (κ1) is 21.0. The van der Waals surface area contributed by atoms with E-state index >= 15 is 0 Å². The molecule has 33 heavy (non-hydrogen) atoms. The van der Waals surface area contributed by atoms with Gasteiger partial charge in [0.05, 0.1) is 17.9 Å². The van der Waals surface area contributed by atoms with Crippen molar-refractivity contribution in [3.05, 3.63) is 113 Å². The number of amides is 1. The predicted octanol–water partition coefficient (Wildman–Crippen LogP) is 5.94. The highest BCUT2D eigenvalue weighted by Gasteiger charge is 2.23. The van der Waals surface area contributed by atoms with Gasteiger partial charge in [0.2, 0.25) is 0 Å². The minimum absolute atomic E-state index is 0.172. The maximum Gasteiger partial charge on any atom is 0.268 e. The number of benzene rings is 3. The number of hydrogen-bond donors (Lipinski definition) is 2. The SMILES string of the molecule is Cn1c(-c2ccccc2)cnc1[C@H](Cc1ccc(Cl)cc1)NC(=O)c1cc2ccccc2[nH]1. The van der Waals surface area contributed by atoms with Crippen molar-refractivity contribution in [2.75, 3.05) is 0 Å². The van der Waals surface area contributed by atoms with Gasteiger partial charge in [0.1, 0.15) is 11.5 Å². The molecule has 2 N–H and O–H groups in total. The monoisotopic (exact) mass is 454 g/mol. The summed E-state index contributed by atoms with van der Waals surface area (Å²) in [7, 11) is 1.98. The molecule has 0 bridgehead atoms. The topological polar surface area (TPSA) is 62.7 Å². The first-order chi connectivity index (χ1) is 16.1. The van der Waals surface area contributed by atoms with E-state index in [9.17, 15) is 4.79 Å². The van der Waals surface area contributed by atoms with Gasteiger partial charge in [-0.15, -0.1) is 0 Å². The fraction of sp³-hybridized carbons (Fsp3) is 0.111. The number of nitrogens with one attached hydrogen (secondary N) is 2. The molecule has 5 nitrogen and oxygen atoms in total. The Morgan fingerprint density at radius 1 is 1.03 bits per heavy atom. The molecular formula is C27H23ClN4O. The van der Waals surface area contributed by atoms with Crippen LogP contribution in [0.5, 0.6) is 0 Å². The highest BCUT2D eigenvalue weighted by atomic mass is 35.5. The second-order valence-electron chi connectivity index (χ2n) is 8.05. The number of halogens is 1. The summed E-state index contributed by atoms with van der Waals surface area (Å²) < 4.78 is 2.04. The number of rotatable bonds is 6. The Balaban J connectivity index is 1.48. The molecular weight excluding hydrogens is 432 g/mol. The summed E-state index contributed by atoms with van der Waals surface area (Å²) in [5.74, 6) is 0.614. The van der Waals surface area contributed by atoms with E-state index in [0.29, 0.717) is 17.1 Å². The number of carbonyl (C=O) groups is 1. The number of fused-ring (bicyclic) bond motifs is 1. The lowest BCUT2D eigenvalue weighted by Gasteiger charge is -2.19. The molecule has 0 radical (unpaired) electrons. The first-order valence-electron chi connectivity index (χ1n) is 10.8. The molecule has 0 aliphatic rings. The molecule has 5 aromatic rings. The van der Waals surface area contributed by atoms with Gasteiger partial charge in [0.15, 0.2) is 0 Å². The maximum atomic E-state index is 13.2. The summed E-state index contributed by atoms with van der Waals surface area (Å²) >= 11 is 6.07. The van der Waals surface area contributed by atoms with Crippen molar-refractivity contribution < 1.29 is 4.79 Å². The Morgan fingerprint density at radius 3 is 2.52 bits per heavy atom. The predicted molar refractivity (Wildman–Crippen MR) is 132 cm³/mol. The fourth-order valence-electron chi connectivity index (χ4n) is 4.12. The summed E-state index contributed by atoms with van der Waals surface area (Å²) in [5, 5.41) is 4.87. The van der Waals surface area contributed by atoms with Gasteiger partial charge in [-0.1, -0.05) is 72.3 Å². The van der Waals surface area contributed by atoms with E-state index in [2.05, 4.69) is 22.4 Å². The Bertz CT molecular complexity index is 1370. The molecule has 2 heterocycles. The molecule has 0 spiro atoms. The Hall–Kier alpha value is -3.83. The number of para-hydroxylation sites is 1. The molecule has 0 unspecified atom stereocenters.